The minimum atomic E-state index is -0.173. The molecule has 2 heteroatoms. The van der Waals surface area contributed by atoms with Gasteiger partial charge in [0.1, 0.15) is 5.82 Å². The third-order valence-corrected chi connectivity index (χ3v) is 2.30. The normalized spacial score (nSPS) is 13.4. The summed E-state index contributed by atoms with van der Waals surface area (Å²) in [5.74, 6) is 0.163. The topological polar surface area (TPSA) is 26.0 Å². The average Bonchev–Trinajstić information content (AvgIpc) is 2.08. The highest BCUT2D eigenvalue weighted by molar-refractivity contribution is 5.25. The van der Waals surface area contributed by atoms with Crippen molar-refractivity contribution < 1.29 is 4.39 Å². The van der Waals surface area contributed by atoms with Crippen LogP contribution in [0, 0.1) is 18.7 Å². The van der Waals surface area contributed by atoms with E-state index in [0.29, 0.717) is 11.5 Å². The molecule has 0 aliphatic rings. The molecule has 13 heavy (non-hydrogen) atoms. The van der Waals surface area contributed by atoms with Crippen molar-refractivity contribution in [3.05, 3.63) is 35.1 Å². The van der Waals surface area contributed by atoms with Crippen molar-refractivity contribution in [2.75, 3.05) is 0 Å². The molecule has 1 atom stereocenters. The maximum atomic E-state index is 13.1. The van der Waals surface area contributed by atoms with Crippen LogP contribution in [0.1, 0.15) is 31.0 Å². The summed E-state index contributed by atoms with van der Waals surface area (Å²) in [6, 6.07) is 5.12. The van der Waals surface area contributed by atoms with Crippen LogP contribution in [-0.2, 0) is 0 Å². The second kappa shape index (κ2) is 3.88. The minimum Gasteiger partial charge on any atom is -0.324 e. The summed E-state index contributed by atoms with van der Waals surface area (Å²) in [5.41, 5.74) is 7.43. The monoisotopic (exact) mass is 181 g/mol. The van der Waals surface area contributed by atoms with E-state index >= 15 is 0 Å². The molecule has 0 spiro atoms. The number of aryl methyl sites for hydroxylation is 1. The van der Waals surface area contributed by atoms with Crippen molar-refractivity contribution >= 4 is 0 Å². The summed E-state index contributed by atoms with van der Waals surface area (Å²) < 4.78 is 13.1. The largest absolute Gasteiger partial charge is 0.324 e. The van der Waals surface area contributed by atoms with Gasteiger partial charge in [0.05, 0.1) is 0 Å². The van der Waals surface area contributed by atoms with E-state index in [2.05, 4.69) is 0 Å². The van der Waals surface area contributed by atoms with Crippen molar-refractivity contribution in [2.45, 2.75) is 26.8 Å². The summed E-state index contributed by atoms with van der Waals surface area (Å²) >= 11 is 0. The van der Waals surface area contributed by atoms with E-state index in [4.69, 9.17) is 5.73 Å². The average molecular weight is 181 g/mol. The highest BCUT2D eigenvalue weighted by atomic mass is 19.1. The molecule has 0 fully saturated rings. The Morgan fingerprint density at radius 1 is 1.31 bits per heavy atom. The Kier molecular flexibility index (Phi) is 3.04. The van der Waals surface area contributed by atoms with Crippen molar-refractivity contribution in [3.8, 4) is 0 Å². The Morgan fingerprint density at radius 2 is 1.92 bits per heavy atom. The second-order valence-corrected chi connectivity index (χ2v) is 3.78. The second-order valence-electron chi connectivity index (χ2n) is 3.78. The molecular formula is C11H16FN. The Balaban J connectivity index is 2.97. The van der Waals surface area contributed by atoms with Gasteiger partial charge in [-0.3, -0.25) is 0 Å². The predicted molar refractivity (Wildman–Crippen MR) is 52.9 cm³/mol. The third kappa shape index (κ3) is 2.28. The van der Waals surface area contributed by atoms with E-state index in [1.54, 1.807) is 13.0 Å². The first kappa shape index (κ1) is 10.2. The molecule has 1 unspecified atom stereocenters. The lowest BCUT2D eigenvalue weighted by Gasteiger charge is -2.16. The summed E-state index contributed by atoms with van der Waals surface area (Å²) in [6.45, 7) is 5.81. The molecule has 1 aromatic rings. The Morgan fingerprint density at radius 3 is 2.38 bits per heavy atom. The van der Waals surface area contributed by atoms with Crippen LogP contribution in [0.5, 0.6) is 0 Å². The minimum absolute atomic E-state index is 0.0740. The van der Waals surface area contributed by atoms with Crippen LogP contribution in [0.2, 0.25) is 0 Å². The van der Waals surface area contributed by atoms with Gasteiger partial charge in [-0.25, -0.2) is 4.39 Å². The first-order valence-corrected chi connectivity index (χ1v) is 4.54. The number of nitrogens with two attached hydrogens (primary N) is 1. The molecule has 0 saturated heterocycles. The van der Waals surface area contributed by atoms with Gasteiger partial charge in [0.2, 0.25) is 0 Å². The van der Waals surface area contributed by atoms with Crippen LogP contribution in [0.3, 0.4) is 0 Å². The van der Waals surface area contributed by atoms with Gasteiger partial charge < -0.3 is 5.73 Å². The molecule has 0 radical (unpaired) electrons. The molecule has 2 N–H and O–H groups in total. The molecule has 1 nitrogen and oxygen atoms in total. The highest BCUT2D eigenvalue weighted by Crippen LogP contribution is 2.20. The molecule has 0 heterocycles. The van der Waals surface area contributed by atoms with Crippen LogP contribution in [0.15, 0.2) is 18.2 Å². The summed E-state index contributed by atoms with van der Waals surface area (Å²) in [7, 11) is 0. The van der Waals surface area contributed by atoms with Crippen molar-refractivity contribution in [1.29, 1.82) is 0 Å². The van der Waals surface area contributed by atoms with E-state index in [1.807, 2.05) is 19.9 Å². The Hall–Kier alpha value is -0.890. The standard InChI is InChI=1S/C11H16FN/c1-7(2)11(13)9-5-4-8(3)10(12)6-9/h4-7,11H,13H2,1-3H3. The zero-order valence-corrected chi connectivity index (χ0v) is 8.34. The summed E-state index contributed by atoms with van der Waals surface area (Å²) in [6.07, 6.45) is 0. The fourth-order valence-corrected chi connectivity index (χ4v) is 1.20. The number of benzene rings is 1. The molecule has 0 bridgehead atoms. The van der Waals surface area contributed by atoms with Crippen molar-refractivity contribution in [2.24, 2.45) is 11.7 Å². The highest BCUT2D eigenvalue weighted by Gasteiger charge is 2.11. The van der Waals surface area contributed by atoms with E-state index in [1.165, 1.54) is 6.07 Å². The third-order valence-electron chi connectivity index (χ3n) is 2.30. The zero-order chi connectivity index (χ0) is 10.0. The molecule has 0 saturated carbocycles. The van der Waals surface area contributed by atoms with E-state index in [-0.39, 0.29) is 11.9 Å². The number of hydrogen-bond donors (Lipinski definition) is 1. The Bertz CT molecular complexity index is 294. The quantitative estimate of drug-likeness (QED) is 0.746. The van der Waals surface area contributed by atoms with Gasteiger partial charge in [-0.15, -0.1) is 0 Å². The van der Waals surface area contributed by atoms with E-state index in [0.717, 1.165) is 5.56 Å². The lowest BCUT2D eigenvalue weighted by atomic mass is 9.96. The van der Waals surface area contributed by atoms with Crippen molar-refractivity contribution in [1.82, 2.24) is 0 Å². The smallest absolute Gasteiger partial charge is 0.126 e. The molecule has 0 amide bonds. The fourth-order valence-electron chi connectivity index (χ4n) is 1.20. The van der Waals surface area contributed by atoms with Gasteiger partial charge in [0.15, 0.2) is 0 Å². The van der Waals surface area contributed by atoms with Crippen LogP contribution >= 0.6 is 0 Å². The first-order chi connectivity index (χ1) is 6.02. The lowest BCUT2D eigenvalue weighted by Crippen LogP contribution is -2.16. The van der Waals surface area contributed by atoms with Gasteiger partial charge in [-0.05, 0) is 30.0 Å². The lowest BCUT2D eigenvalue weighted by molar-refractivity contribution is 0.509. The van der Waals surface area contributed by atoms with Gasteiger partial charge in [0.25, 0.3) is 0 Å². The maximum Gasteiger partial charge on any atom is 0.126 e. The number of rotatable bonds is 2. The Labute approximate surface area is 78.8 Å². The van der Waals surface area contributed by atoms with Crippen LogP contribution < -0.4 is 5.73 Å². The molecular weight excluding hydrogens is 165 g/mol. The molecule has 1 rings (SSSR count). The predicted octanol–water partition coefficient (Wildman–Crippen LogP) is 2.79. The molecule has 72 valence electrons. The molecule has 0 aromatic heterocycles. The molecule has 0 aliphatic carbocycles. The fraction of sp³-hybridized carbons (Fsp3) is 0.455. The van der Waals surface area contributed by atoms with E-state index < -0.39 is 0 Å². The van der Waals surface area contributed by atoms with E-state index in [9.17, 15) is 4.39 Å². The number of halogens is 1. The maximum absolute atomic E-state index is 13.1. The SMILES string of the molecule is Cc1ccc(C(N)C(C)C)cc1F. The zero-order valence-electron chi connectivity index (χ0n) is 8.34. The van der Waals surface area contributed by atoms with Gasteiger partial charge >= 0.3 is 0 Å². The number of hydrogen-bond acceptors (Lipinski definition) is 1. The van der Waals surface area contributed by atoms with Gasteiger partial charge in [-0.2, -0.15) is 0 Å². The summed E-state index contributed by atoms with van der Waals surface area (Å²) in [4.78, 5) is 0. The van der Waals surface area contributed by atoms with Crippen LogP contribution in [0.4, 0.5) is 4.39 Å². The van der Waals surface area contributed by atoms with Gasteiger partial charge in [0, 0.05) is 6.04 Å². The van der Waals surface area contributed by atoms with Gasteiger partial charge in [-0.1, -0.05) is 26.0 Å². The molecule has 1 aromatic carbocycles. The van der Waals surface area contributed by atoms with Crippen molar-refractivity contribution in [3.63, 3.8) is 0 Å². The van der Waals surface area contributed by atoms with Crippen LogP contribution in [0.25, 0.3) is 0 Å². The summed E-state index contributed by atoms with van der Waals surface area (Å²) in [5, 5.41) is 0. The first-order valence-electron chi connectivity index (χ1n) is 4.54. The molecule has 0 aliphatic heterocycles. The van der Waals surface area contributed by atoms with Crippen LogP contribution in [-0.4, -0.2) is 0 Å².